The van der Waals surface area contributed by atoms with Crippen LogP contribution in [0.25, 0.3) is 11.1 Å². The largest absolute Gasteiger partial charge is 0.508 e. The van der Waals surface area contributed by atoms with Gasteiger partial charge < -0.3 is 5.11 Å². The van der Waals surface area contributed by atoms with Crippen LogP contribution in [0.1, 0.15) is 5.56 Å². The highest BCUT2D eigenvalue weighted by Crippen LogP contribution is 2.21. The minimum absolute atomic E-state index is 0.277. The maximum Gasteiger partial charge on any atom is 0.115 e. The summed E-state index contributed by atoms with van der Waals surface area (Å²) < 4.78 is 0. The molecule has 2 aromatic rings. The summed E-state index contributed by atoms with van der Waals surface area (Å²) in [5.74, 6) is 2.85. The molecule has 0 radical (unpaired) electrons. The molecule has 72 valence electrons. The summed E-state index contributed by atoms with van der Waals surface area (Å²) in [5, 5.41) is 9.16. The van der Waals surface area contributed by atoms with E-state index in [2.05, 4.69) is 5.92 Å². The molecule has 2 rings (SSSR count). The van der Waals surface area contributed by atoms with Crippen LogP contribution in [-0.4, -0.2) is 5.11 Å². The summed E-state index contributed by atoms with van der Waals surface area (Å²) in [5.41, 5.74) is 3.03. The zero-order chi connectivity index (χ0) is 10.7. The number of aromatic hydroxyl groups is 1. The topological polar surface area (TPSA) is 20.2 Å². The first-order valence-electron chi connectivity index (χ1n) is 4.66. The molecule has 0 spiro atoms. The highest BCUT2D eigenvalue weighted by molar-refractivity contribution is 5.64. The van der Waals surface area contributed by atoms with Crippen LogP contribution >= 0.6 is 0 Å². The van der Waals surface area contributed by atoms with E-state index in [1.165, 1.54) is 0 Å². The van der Waals surface area contributed by atoms with Gasteiger partial charge in [0.25, 0.3) is 0 Å². The fourth-order valence-corrected chi connectivity index (χ4v) is 1.41. The minimum Gasteiger partial charge on any atom is -0.508 e. The van der Waals surface area contributed by atoms with Crippen LogP contribution in [0.3, 0.4) is 0 Å². The van der Waals surface area contributed by atoms with Crippen LogP contribution in [-0.2, 0) is 0 Å². The van der Waals surface area contributed by atoms with Gasteiger partial charge in [0.1, 0.15) is 5.75 Å². The molecule has 0 bridgehead atoms. The first kappa shape index (κ1) is 9.36. The van der Waals surface area contributed by atoms with Gasteiger partial charge in [-0.2, -0.15) is 0 Å². The number of phenolic OH excluding ortho intramolecular Hbond substituents is 1. The Labute approximate surface area is 89.0 Å². The molecule has 1 heteroatoms. The van der Waals surface area contributed by atoms with Crippen molar-refractivity contribution < 1.29 is 5.11 Å². The second-order valence-electron chi connectivity index (χ2n) is 3.27. The van der Waals surface area contributed by atoms with E-state index in [4.69, 9.17) is 11.5 Å². The van der Waals surface area contributed by atoms with E-state index in [9.17, 15) is 0 Å². The molecule has 15 heavy (non-hydrogen) atoms. The SMILES string of the molecule is C#Cc1ccc(-c2ccc(O)cc2)cc1. The number of terminal acetylenes is 1. The smallest absolute Gasteiger partial charge is 0.115 e. The molecule has 0 aromatic heterocycles. The van der Waals surface area contributed by atoms with Gasteiger partial charge in [-0.1, -0.05) is 30.2 Å². The van der Waals surface area contributed by atoms with Gasteiger partial charge in [0, 0.05) is 5.56 Å². The van der Waals surface area contributed by atoms with E-state index >= 15 is 0 Å². The highest BCUT2D eigenvalue weighted by Gasteiger charge is 1.96. The second-order valence-corrected chi connectivity index (χ2v) is 3.27. The van der Waals surface area contributed by atoms with Gasteiger partial charge in [-0.15, -0.1) is 6.42 Å². The normalized spacial score (nSPS) is 9.53. The Morgan fingerprint density at radius 3 is 1.73 bits per heavy atom. The molecule has 0 fully saturated rings. The Morgan fingerprint density at radius 2 is 1.27 bits per heavy atom. The number of benzene rings is 2. The van der Waals surface area contributed by atoms with E-state index in [0.717, 1.165) is 16.7 Å². The van der Waals surface area contributed by atoms with Crippen LogP contribution in [0.2, 0.25) is 0 Å². The first-order chi connectivity index (χ1) is 7.29. The third-order valence-corrected chi connectivity index (χ3v) is 2.25. The Kier molecular flexibility index (Phi) is 2.43. The molecule has 0 unspecified atom stereocenters. The summed E-state index contributed by atoms with van der Waals surface area (Å²) in [4.78, 5) is 0. The molecule has 0 aliphatic rings. The van der Waals surface area contributed by atoms with Crippen molar-refractivity contribution in [1.29, 1.82) is 0 Å². The molecular formula is C14H10O. The van der Waals surface area contributed by atoms with Crippen molar-refractivity contribution in [2.24, 2.45) is 0 Å². The Bertz CT molecular complexity index is 486. The molecule has 1 N–H and O–H groups in total. The zero-order valence-electron chi connectivity index (χ0n) is 8.14. The fourth-order valence-electron chi connectivity index (χ4n) is 1.41. The highest BCUT2D eigenvalue weighted by atomic mass is 16.3. The molecule has 1 nitrogen and oxygen atoms in total. The number of hydrogen-bond acceptors (Lipinski definition) is 1. The number of phenols is 1. The monoisotopic (exact) mass is 194 g/mol. The van der Waals surface area contributed by atoms with Gasteiger partial charge >= 0.3 is 0 Å². The van der Waals surface area contributed by atoms with Gasteiger partial charge in [0.15, 0.2) is 0 Å². The molecule has 0 amide bonds. The van der Waals surface area contributed by atoms with E-state index in [1.807, 2.05) is 36.4 Å². The van der Waals surface area contributed by atoms with Crippen LogP contribution in [0, 0.1) is 12.3 Å². The summed E-state index contributed by atoms with van der Waals surface area (Å²) in [6.07, 6.45) is 5.28. The van der Waals surface area contributed by atoms with Crippen LogP contribution in [0.5, 0.6) is 5.75 Å². The minimum atomic E-state index is 0.277. The average molecular weight is 194 g/mol. The lowest BCUT2D eigenvalue weighted by Gasteiger charge is -2.01. The Hall–Kier alpha value is -2.20. The molecule has 0 aliphatic carbocycles. The van der Waals surface area contributed by atoms with E-state index in [0.29, 0.717) is 0 Å². The van der Waals surface area contributed by atoms with Crippen LogP contribution in [0.15, 0.2) is 48.5 Å². The van der Waals surface area contributed by atoms with Crippen molar-refractivity contribution in [2.75, 3.05) is 0 Å². The van der Waals surface area contributed by atoms with Crippen LogP contribution in [0.4, 0.5) is 0 Å². The zero-order valence-corrected chi connectivity index (χ0v) is 8.14. The molecular weight excluding hydrogens is 184 g/mol. The van der Waals surface area contributed by atoms with Crippen molar-refractivity contribution in [1.82, 2.24) is 0 Å². The van der Waals surface area contributed by atoms with Gasteiger partial charge in [-0.05, 0) is 35.4 Å². The van der Waals surface area contributed by atoms with Gasteiger partial charge in [-0.25, -0.2) is 0 Å². The van der Waals surface area contributed by atoms with Crippen molar-refractivity contribution >= 4 is 0 Å². The van der Waals surface area contributed by atoms with E-state index in [-0.39, 0.29) is 5.75 Å². The third kappa shape index (κ3) is 2.00. The molecule has 0 saturated carbocycles. The average Bonchev–Trinajstić information content (AvgIpc) is 2.30. The van der Waals surface area contributed by atoms with Crippen molar-refractivity contribution in [3.63, 3.8) is 0 Å². The second kappa shape index (κ2) is 3.89. The molecule has 0 aliphatic heterocycles. The molecule has 0 heterocycles. The molecule has 2 aromatic carbocycles. The third-order valence-electron chi connectivity index (χ3n) is 2.25. The van der Waals surface area contributed by atoms with Crippen molar-refractivity contribution in [3.8, 4) is 29.2 Å². The molecule has 0 atom stereocenters. The number of rotatable bonds is 1. The summed E-state index contributed by atoms with van der Waals surface area (Å²) in [6.45, 7) is 0. The maximum absolute atomic E-state index is 9.16. The lowest BCUT2D eigenvalue weighted by Crippen LogP contribution is -1.78. The predicted molar refractivity (Wildman–Crippen MR) is 61.5 cm³/mol. The van der Waals surface area contributed by atoms with E-state index < -0.39 is 0 Å². The van der Waals surface area contributed by atoms with Crippen LogP contribution < -0.4 is 0 Å². The van der Waals surface area contributed by atoms with Crippen molar-refractivity contribution in [3.05, 3.63) is 54.1 Å². The summed E-state index contributed by atoms with van der Waals surface area (Å²) in [7, 11) is 0. The van der Waals surface area contributed by atoms with E-state index in [1.54, 1.807) is 12.1 Å². The number of hydrogen-bond donors (Lipinski definition) is 1. The standard InChI is InChI=1S/C14H10O/c1-2-11-3-5-12(6-4-11)13-7-9-14(15)10-8-13/h1,3-10,15H. The van der Waals surface area contributed by atoms with Crippen molar-refractivity contribution in [2.45, 2.75) is 0 Å². The quantitative estimate of drug-likeness (QED) is 0.692. The molecule has 0 saturated heterocycles. The first-order valence-corrected chi connectivity index (χ1v) is 4.66. The fraction of sp³-hybridized carbons (Fsp3) is 0. The Morgan fingerprint density at radius 1 is 0.800 bits per heavy atom. The van der Waals surface area contributed by atoms with Gasteiger partial charge in [-0.3, -0.25) is 0 Å². The van der Waals surface area contributed by atoms with Gasteiger partial charge in [0.05, 0.1) is 0 Å². The lowest BCUT2D eigenvalue weighted by atomic mass is 10.0. The maximum atomic E-state index is 9.16. The lowest BCUT2D eigenvalue weighted by molar-refractivity contribution is 0.475. The summed E-state index contributed by atoms with van der Waals surface area (Å²) >= 11 is 0. The predicted octanol–water partition coefficient (Wildman–Crippen LogP) is 3.04. The van der Waals surface area contributed by atoms with Gasteiger partial charge in [0.2, 0.25) is 0 Å². The Balaban J connectivity index is 2.38. The summed E-state index contributed by atoms with van der Waals surface area (Å²) in [6, 6.07) is 14.9.